The van der Waals surface area contributed by atoms with Crippen LogP contribution < -0.4 is 11.4 Å². The molecule has 5 rings (SSSR count). The third-order valence-electron chi connectivity index (χ3n) is 6.08. The molecule has 5 aromatic rings. The predicted octanol–water partition coefficient (Wildman–Crippen LogP) is 3.81. The topological polar surface area (TPSA) is 103 Å². The van der Waals surface area contributed by atoms with E-state index in [1.165, 1.54) is 0 Å². The van der Waals surface area contributed by atoms with Gasteiger partial charge in [-0.25, -0.2) is 9.78 Å². The minimum Gasteiger partial charge on any atom is -0.481 e. The number of carboxylic acid groups (broad SMARTS) is 1. The van der Waals surface area contributed by atoms with Crippen LogP contribution in [0.4, 0.5) is 5.82 Å². The Bertz CT molecular complexity index is 1600. The molecule has 0 amide bonds. The Labute approximate surface area is 189 Å². The second-order valence-electron chi connectivity index (χ2n) is 8.07. The van der Waals surface area contributed by atoms with E-state index in [0.717, 1.165) is 38.5 Å². The van der Waals surface area contributed by atoms with Gasteiger partial charge in [0.25, 0.3) is 0 Å². The number of aryl methyl sites for hydroxylation is 1. The average molecular weight is 438 g/mol. The maximum atomic E-state index is 13.1. The fraction of sp³-hybridized carbons (Fsp3) is 0.115. The molecular weight excluding hydrogens is 416 g/mol. The monoisotopic (exact) mass is 438 g/mol. The number of aliphatic carboxylic acids is 1. The minimum absolute atomic E-state index is 0.0909. The van der Waals surface area contributed by atoms with Gasteiger partial charge in [-0.3, -0.25) is 13.9 Å². The van der Waals surface area contributed by atoms with Crippen LogP contribution in [0.3, 0.4) is 0 Å². The zero-order valence-electron chi connectivity index (χ0n) is 18.0. The summed E-state index contributed by atoms with van der Waals surface area (Å²) < 4.78 is 3.31. The quantitative estimate of drug-likeness (QED) is 0.434. The van der Waals surface area contributed by atoms with E-state index in [4.69, 9.17) is 5.73 Å². The molecular formula is C26H22N4O3. The van der Waals surface area contributed by atoms with Crippen molar-refractivity contribution in [3.05, 3.63) is 94.5 Å². The van der Waals surface area contributed by atoms with Crippen LogP contribution in [-0.4, -0.2) is 25.2 Å². The second kappa shape index (κ2) is 7.94. The van der Waals surface area contributed by atoms with Gasteiger partial charge in [0, 0.05) is 18.6 Å². The SMILES string of the molecule is Cn1c(=O)n(Cc2ccccc2CC(=O)O)c2cc(-c3cccc4c(N)nccc34)ccc21. The van der Waals surface area contributed by atoms with Gasteiger partial charge in [0.15, 0.2) is 0 Å². The lowest BCUT2D eigenvalue weighted by atomic mass is 9.98. The number of carboxylic acids is 1. The van der Waals surface area contributed by atoms with E-state index in [1.54, 1.807) is 28.4 Å². The number of fused-ring (bicyclic) bond motifs is 2. The lowest BCUT2D eigenvalue weighted by Crippen LogP contribution is -2.23. The number of nitrogens with zero attached hydrogens (tertiary/aromatic N) is 3. The largest absolute Gasteiger partial charge is 0.481 e. The van der Waals surface area contributed by atoms with Crippen molar-refractivity contribution in [3.8, 4) is 11.1 Å². The lowest BCUT2D eigenvalue weighted by molar-refractivity contribution is -0.136. The Morgan fingerprint density at radius 2 is 1.76 bits per heavy atom. The van der Waals surface area contributed by atoms with E-state index in [0.29, 0.717) is 11.4 Å². The number of hydrogen-bond acceptors (Lipinski definition) is 4. The first kappa shape index (κ1) is 20.5. The van der Waals surface area contributed by atoms with Gasteiger partial charge in [0.2, 0.25) is 0 Å². The Balaban J connectivity index is 1.68. The van der Waals surface area contributed by atoms with Crippen molar-refractivity contribution in [2.75, 3.05) is 5.73 Å². The van der Waals surface area contributed by atoms with Gasteiger partial charge >= 0.3 is 11.7 Å². The number of carbonyl (C=O) groups is 1. The van der Waals surface area contributed by atoms with E-state index < -0.39 is 5.97 Å². The fourth-order valence-electron chi connectivity index (χ4n) is 4.43. The first-order valence-corrected chi connectivity index (χ1v) is 10.6. The molecule has 0 aliphatic heterocycles. The third-order valence-corrected chi connectivity index (χ3v) is 6.08. The second-order valence-corrected chi connectivity index (χ2v) is 8.07. The van der Waals surface area contributed by atoms with Crippen LogP contribution in [0.1, 0.15) is 11.1 Å². The molecule has 3 N–H and O–H groups in total. The molecule has 7 nitrogen and oxygen atoms in total. The van der Waals surface area contributed by atoms with Crippen LogP contribution in [0.15, 0.2) is 77.7 Å². The molecule has 0 atom stereocenters. The molecule has 0 unspecified atom stereocenters. The first-order chi connectivity index (χ1) is 15.9. The van der Waals surface area contributed by atoms with Crippen molar-refractivity contribution < 1.29 is 9.90 Å². The highest BCUT2D eigenvalue weighted by Crippen LogP contribution is 2.32. The molecule has 7 heteroatoms. The summed E-state index contributed by atoms with van der Waals surface area (Å²) >= 11 is 0. The maximum absolute atomic E-state index is 13.1. The number of anilines is 1. The van der Waals surface area contributed by atoms with Crippen LogP contribution in [0.25, 0.3) is 32.9 Å². The van der Waals surface area contributed by atoms with E-state index in [9.17, 15) is 14.7 Å². The normalized spacial score (nSPS) is 11.3. The summed E-state index contributed by atoms with van der Waals surface area (Å²) in [6, 6.07) is 21.1. The van der Waals surface area contributed by atoms with E-state index in [-0.39, 0.29) is 18.7 Å². The smallest absolute Gasteiger partial charge is 0.329 e. The molecule has 164 valence electrons. The van der Waals surface area contributed by atoms with Gasteiger partial charge in [-0.15, -0.1) is 0 Å². The summed E-state index contributed by atoms with van der Waals surface area (Å²) in [5.41, 5.74) is 11.0. The zero-order chi connectivity index (χ0) is 23.1. The zero-order valence-corrected chi connectivity index (χ0v) is 18.0. The molecule has 0 aliphatic carbocycles. The molecule has 0 bridgehead atoms. The van der Waals surface area contributed by atoms with Crippen molar-refractivity contribution in [2.24, 2.45) is 7.05 Å². The van der Waals surface area contributed by atoms with Crippen molar-refractivity contribution >= 4 is 33.6 Å². The Hall–Kier alpha value is -4.39. The number of benzene rings is 3. The maximum Gasteiger partial charge on any atom is 0.329 e. The summed E-state index contributed by atoms with van der Waals surface area (Å²) in [6.07, 6.45) is 1.60. The van der Waals surface area contributed by atoms with E-state index in [2.05, 4.69) is 4.98 Å². The van der Waals surface area contributed by atoms with Crippen LogP contribution in [-0.2, 0) is 24.8 Å². The molecule has 0 aliphatic rings. The van der Waals surface area contributed by atoms with Gasteiger partial charge in [-0.1, -0.05) is 48.5 Å². The van der Waals surface area contributed by atoms with Crippen molar-refractivity contribution in [3.63, 3.8) is 0 Å². The number of hydrogen-bond donors (Lipinski definition) is 2. The standard InChI is InChI=1S/C26H22N4O3/c1-29-22-10-9-17(19-7-4-8-21-20(19)11-12-28-25(21)27)13-23(22)30(26(29)33)15-18-6-3-2-5-16(18)14-24(31)32/h2-13H,14-15H2,1H3,(H2,27,28)(H,31,32). The molecule has 0 saturated heterocycles. The number of pyridine rings is 1. The van der Waals surface area contributed by atoms with Crippen molar-refractivity contribution in [1.82, 2.24) is 14.1 Å². The number of imidazole rings is 1. The summed E-state index contributed by atoms with van der Waals surface area (Å²) in [5.74, 6) is -0.429. The third kappa shape index (κ3) is 3.53. The van der Waals surface area contributed by atoms with Crippen molar-refractivity contribution in [1.29, 1.82) is 0 Å². The number of nitrogen functional groups attached to an aromatic ring is 1. The van der Waals surface area contributed by atoms with Gasteiger partial charge in [-0.2, -0.15) is 0 Å². The molecule has 0 radical (unpaired) electrons. The van der Waals surface area contributed by atoms with Crippen LogP contribution >= 0.6 is 0 Å². The molecule has 33 heavy (non-hydrogen) atoms. The average Bonchev–Trinajstić information content (AvgIpc) is 3.04. The molecule has 3 aromatic carbocycles. The molecule has 2 heterocycles. The molecule has 0 fully saturated rings. The molecule has 0 saturated carbocycles. The minimum atomic E-state index is -0.903. The van der Waals surface area contributed by atoms with Gasteiger partial charge < -0.3 is 10.8 Å². The Kier molecular flexibility index (Phi) is 4.94. The number of rotatable bonds is 5. The summed E-state index contributed by atoms with van der Waals surface area (Å²) in [5, 5.41) is 11.1. The highest BCUT2D eigenvalue weighted by molar-refractivity contribution is 6.02. The highest BCUT2D eigenvalue weighted by Gasteiger charge is 2.15. The van der Waals surface area contributed by atoms with Crippen LogP contribution in [0, 0.1) is 0 Å². The van der Waals surface area contributed by atoms with Gasteiger partial charge in [0.1, 0.15) is 5.82 Å². The van der Waals surface area contributed by atoms with Crippen LogP contribution in [0.5, 0.6) is 0 Å². The Morgan fingerprint density at radius 3 is 2.55 bits per heavy atom. The molecule has 2 aromatic heterocycles. The summed E-state index contributed by atoms with van der Waals surface area (Å²) in [6.45, 7) is 0.287. The summed E-state index contributed by atoms with van der Waals surface area (Å²) in [7, 11) is 1.74. The first-order valence-electron chi connectivity index (χ1n) is 10.6. The van der Waals surface area contributed by atoms with Gasteiger partial charge in [-0.05, 0) is 45.8 Å². The number of aromatic nitrogens is 3. The van der Waals surface area contributed by atoms with E-state index >= 15 is 0 Å². The molecule has 0 spiro atoms. The predicted molar refractivity (Wildman–Crippen MR) is 129 cm³/mol. The van der Waals surface area contributed by atoms with Crippen LogP contribution in [0.2, 0.25) is 0 Å². The summed E-state index contributed by atoms with van der Waals surface area (Å²) in [4.78, 5) is 28.6. The van der Waals surface area contributed by atoms with Crippen molar-refractivity contribution in [2.45, 2.75) is 13.0 Å². The fourth-order valence-corrected chi connectivity index (χ4v) is 4.43. The van der Waals surface area contributed by atoms with E-state index in [1.807, 2.05) is 60.7 Å². The number of nitrogens with two attached hydrogens (primary N) is 1. The van der Waals surface area contributed by atoms with Gasteiger partial charge in [0.05, 0.1) is 24.0 Å². The highest BCUT2D eigenvalue weighted by atomic mass is 16.4. The lowest BCUT2D eigenvalue weighted by Gasteiger charge is -2.11. The Morgan fingerprint density at radius 1 is 0.970 bits per heavy atom.